The minimum Gasteiger partial charge on any atom is -0.434 e. The molecule has 0 radical (unpaired) electrons. The van der Waals surface area contributed by atoms with Crippen LogP contribution in [0.2, 0.25) is 0 Å². The van der Waals surface area contributed by atoms with Crippen molar-refractivity contribution in [2.24, 2.45) is 0 Å². The Balaban J connectivity index is 1.56. The van der Waals surface area contributed by atoms with E-state index in [1.54, 1.807) is 16.7 Å². The van der Waals surface area contributed by atoms with Gasteiger partial charge in [0.15, 0.2) is 0 Å². The second-order valence-electron chi connectivity index (χ2n) is 10.8. The Morgan fingerprint density at radius 3 is 2.42 bits per heavy atom. The van der Waals surface area contributed by atoms with Crippen molar-refractivity contribution >= 4 is 29.5 Å². The van der Waals surface area contributed by atoms with E-state index < -0.39 is 49.0 Å². The van der Waals surface area contributed by atoms with Gasteiger partial charge in [0.2, 0.25) is 0 Å². The van der Waals surface area contributed by atoms with Gasteiger partial charge in [-0.15, -0.1) is 0 Å². The SMILES string of the molecule is CC1(C)OB(c2ccc3nc4n(c3c2)C2CC4N(C(O)(O)O)C(=O)c3cccc(OC(F)F)c32)OC1(C)C. The van der Waals surface area contributed by atoms with Crippen LogP contribution in [-0.4, -0.2) is 66.7 Å². The van der Waals surface area contributed by atoms with E-state index in [1.165, 1.54) is 18.2 Å². The number of benzene rings is 2. The van der Waals surface area contributed by atoms with E-state index in [0.29, 0.717) is 21.4 Å². The molecule has 2 atom stereocenters. The molecule has 13 heteroatoms. The van der Waals surface area contributed by atoms with Crippen molar-refractivity contribution in [3.63, 3.8) is 0 Å². The number of fused-ring (bicyclic) bond motifs is 9. The van der Waals surface area contributed by atoms with Crippen LogP contribution in [0.25, 0.3) is 11.0 Å². The number of halogens is 2. The lowest BCUT2D eigenvalue weighted by Crippen LogP contribution is -2.53. The number of amides is 1. The monoisotopic (exact) mass is 529 g/mol. The highest BCUT2D eigenvalue weighted by Gasteiger charge is 2.53. The van der Waals surface area contributed by atoms with Gasteiger partial charge < -0.3 is 33.9 Å². The normalized spacial score (nSPS) is 23.7. The summed E-state index contributed by atoms with van der Waals surface area (Å²) in [6.07, 6.45) is -3.50. The number of alkyl halides is 2. The van der Waals surface area contributed by atoms with Gasteiger partial charge in [0.05, 0.1) is 28.3 Å². The summed E-state index contributed by atoms with van der Waals surface area (Å²) in [5.74, 6) is -0.938. The van der Waals surface area contributed by atoms with Crippen LogP contribution >= 0.6 is 0 Å². The van der Waals surface area contributed by atoms with Crippen molar-refractivity contribution in [2.75, 3.05) is 0 Å². The molecule has 1 saturated heterocycles. The van der Waals surface area contributed by atoms with E-state index in [-0.39, 0.29) is 29.1 Å². The average molecular weight is 529 g/mol. The molecule has 2 unspecified atom stereocenters. The number of carbonyl (C=O) groups is 1. The number of hydrogen-bond acceptors (Lipinski definition) is 8. The highest BCUT2D eigenvalue weighted by molar-refractivity contribution is 6.62. The predicted molar refractivity (Wildman–Crippen MR) is 130 cm³/mol. The number of imidazole rings is 1. The molecule has 3 aromatic rings. The fraction of sp³-hybridized carbons (Fsp3) is 0.440. The van der Waals surface area contributed by atoms with Crippen LogP contribution in [0.5, 0.6) is 5.75 Å². The highest BCUT2D eigenvalue weighted by Crippen LogP contribution is 2.51. The second kappa shape index (κ2) is 7.96. The molecule has 6 rings (SSSR count). The minimum absolute atomic E-state index is 0.0325. The van der Waals surface area contributed by atoms with Crippen molar-refractivity contribution in [1.82, 2.24) is 14.5 Å². The molecule has 3 aliphatic heterocycles. The number of ether oxygens (including phenoxy) is 1. The van der Waals surface area contributed by atoms with Crippen molar-refractivity contribution in [3.05, 3.63) is 53.3 Å². The number of rotatable bonds is 4. The molecule has 0 spiro atoms. The van der Waals surface area contributed by atoms with Crippen LogP contribution in [0.15, 0.2) is 36.4 Å². The molecule has 1 fully saturated rings. The fourth-order valence-corrected chi connectivity index (χ4v) is 5.60. The summed E-state index contributed by atoms with van der Waals surface area (Å²) in [5.41, 5.74) is 0.677. The molecule has 38 heavy (non-hydrogen) atoms. The van der Waals surface area contributed by atoms with E-state index in [9.17, 15) is 28.9 Å². The third kappa shape index (κ3) is 3.57. The van der Waals surface area contributed by atoms with Gasteiger partial charge in [-0.1, -0.05) is 12.1 Å². The first kappa shape index (κ1) is 25.2. The fourth-order valence-electron chi connectivity index (χ4n) is 5.60. The largest absolute Gasteiger partial charge is 0.494 e. The Bertz CT molecular complexity index is 1450. The maximum Gasteiger partial charge on any atom is 0.494 e. The van der Waals surface area contributed by atoms with Crippen LogP contribution < -0.4 is 10.2 Å². The first-order chi connectivity index (χ1) is 17.7. The molecule has 1 amide bonds. The molecule has 10 nitrogen and oxygen atoms in total. The summed E-state index contributed by atoms with van der Waals surface area (Å²) in [7, 11) is -0.679. The maximum absolute atomic E-state index is 13.4. The zero-order valence-corrected chi connectivity index (χ0v) is 21.1. The Morgan fingerprint density at radius 2 is 1.79 bits per heavy atom. The zero-order valence-electron chi connectivity index (χ0n) is 21.1. The number of nitrogens with zero attached hydrogens (tertiary/aromatic N) is 3. The molecule has 3 N–H and O–H groups in total. The molecule has 2 aromatic carbocycles. The molecule has 1 aromatic heterocycles. The molecule has 0 saturated carbocycles. The van der Waals surface area contributed by atoms with Crippen LogP contribution in [0.4, 0.5) is 8.78 Å². The van der Waals surface area contributed by atoms with Crippen LogP contribution in [0.3, 0.4) is 0 Å². The molecule has 2 bridgehead atoms. The van der Waals surface area contributed by atoms with E-state index >= 15 is 0 Å². The van der Waals surface area contributed by atoms with E-state index in [2.05, 4.69) is 4.98 Å². The molecule has 200 valence electrons. The summed E-state index contributed by atoms with van der Waals surface area (Å²) in [6.45, 7) is 4.59. The number of carbonyl (C=O) groups excluding carboxylic acids is 1. The third-order valence-corrected chi connectivity index (χ3v) is 8.02. The quantitative estimate of drug-likeness (QED) is 0.346. The Hall–Kier alpha value is -3.10. The van der Waals surface area contributed by atoms with Crippen molar-refractivity contribution < 1.29 is 42.9 Å². The Labute approximate surface area is 216 Å². The van der Waals surface area contributed by atoms with Gasteiger partial charge in [0, 0.05) is 17.5 Å². The summed E-state index contributed by atoms with van der Waals surface area (Å²) in [4.78, 5) is 18.5. The Morgan fingerprint density at radius 1 is 1.11 bits per heavy atom. The van der Waals surface area contributed by atoms with Crippen molar-refractivity contribution in [2.45, 2.75) is 70.1 Å². The van der Waals surface area contributed by atoms with E-state index in [0.717, 1.165) is 0 Å². The smallest absolute Gasteiger partial charge is 0.434 e. The molecular formula is C25H26BF2N3O7. The van der Waals surface area contributed by atoms with Gasteiger partial charge >= 0.3 is 19.8 Å². The van der Waals surface area contributed by atoms with Crippen LogP contribution in [0, 0.1) is 0 Å². The predicted octanol–water partition coefficient (Wildman–Crippen LogP) is 2.02. The van der Waals surface area contributed by atoms with Crippen LogP contribution in [-0.2, 0) is 9.31 Å². The lowest BCUT2D eigenvalue weighted by molar-refractivity contribution is -0.385. The molecule has 0 aliphatic carbocycles. The van der Waals surface area contributed by atoms with Gasteiger partial charge in [0.25, 0.3) is 5.91 Å². The second-order valence-corrected chi connectivity index (χ2v) is 10.8. The lowest BCUT2D eigenvalue weighted by atomic mass is 9.79. The van der Waals surface area contributed by atoms with Gasteiger partial charge in [-0.05, 0) is 57.4 Å². The first-order valence-corrected chi connectivity index (χ1v) is 12.2. The van der Waals surface area contributed by atoms with Gasteiger partial charge in [0.1, 0.15) is 17.6 Å². The summed E-state index contributed by atoms with van der Waals surface area (Å²) in [5, 5.41) is 30.5. The first-order valence-electron chi connectivity index (χ1n) is 12.2. The topological polar surface area (TPSA) is 127 Å². The average Bonchev–Trinajstić information content (AvgIpc) is 3.37. The molecule has 4 heterocycles. The number of aromatic nitrogens is 2. The standard InChI is InChI=1S/C25H26BF2N3O7/c1-23(2)24(3,4)38-26(37-23)12-8-9-14-15(10-12)30-16-11-17(20(30)29-14)31(25(33,34)35)21(32)13-6-5-7-18(19(13)16)36-22(27)28/h5-10,16-17,22,33-35H,11H2,1-4H3. The minimum atomic E-state index is -3.53. The van der Waals surface area contributed by atoms with Crippen LogP contribution in [0.1, 0.15) is 67.9 Å². The van der Waals surface area contributed by atoms with E-state index in [4.69, 9.17) is 14.0 Å². The lowest BCUT2D eigenvalue weighted by Gasteiger charge is -2.34. The number of aliphatic hydroxyl groups is 3. The van der Waals surface area contributed by atoms with Crippen molar-refractivity contribution in [1.29, 1.82) is 0 Å². The zero-order chi connectivity index (χ0) is 27.4. The Kier molecular flexibility index (Phi) is 5.28. The summed E-state index contributed by atoms with van der Waals surface area (Å²) >= 11 is 0. The highest BCUT2D eigenvalue weighted by atomic mass is 19.3. The maximum atomic E-state index is 13.4. The van der Waals surface area contributed by atoms with E-state index in [1.807, 2.05) is 33.8 Å². The van der Waals surface area contributed by atoms with Gasteiger partial charge in [-0.3, -0.25) is 9.69 Å². The molecule has 3 aliphatic rings. The van der Waals surface area contributed by atoms with Gasteiger partial charge in [-0.25, -0.2) is 4.98 Å². The molecular weight excluding hydrogens is 503 g/mol. The summed E-state index contributed by atoms with van der Waals surface area (Å²) in [6, 6.07) is 7.57. The summed E-state index contributed by atoms with van der Waals surface area (Å²) < 4.78 is 45.6. The number of hydrogen-bond donors (Lipinski definition) is 3. The van der Waals surface area contributed by atoms with Crippen molar-refractivity contribution in [3.8, 4) is 5.75 Å². The third-order valence-electron chi connectivity index (χ3n) is 8.02. The van der Waals surface area contributed by atoms with Gasteiger partial charge in [-0.2, -0.15) is 8.78 Å².